The van der Waals surface area contributed by atoms with Crippen molar-refractivity contribution in [3.05, 3.63) is 29.8 Å². The Morgan fingerprint density at radius 2 is 1.95 bits per heavy atom. The molecule has 0 fully saturated rings. The maximum Gasteiger partial charge on any atom is 0.307 e. The minimum Gasteiger partial charge on any atom is -0.496 e. The smallest absolute Gasteiger partial charge is 0.307 e. The highest BCUT2D eigenvalue weighted by molar-refractivity contribution is 5.97. The zero-order valence-corrected chi connectivity index (χ0v) is 11.4. The van der Waals surface area contributed by atoms with E-state index in [9.17, 15) is 9.59 Å². The monoisotopic (exact) mass is 265 g/mol. The van der Waals surface area contributed by atoms with Crippen LogP contribution < -0.4 is 10.1 Å². The molecule has 0 unspecified atom stereocenters. The van der Waals surface area contributed by atoms with Gasteiger partial charge in [0.05, 0.1) is 25.2 Å². The van der Waals surface area contributed by atoms with Crippen molar-refractivity contribution in [3.8, 4) is 5.75 Å². The van der Waals surface area contributed by atoms with E-state index in [-0.39, 0.29) is 30.9 Å². The molecule has 0 bridgehead atoms. The van der Waals surface area contributed by atoms with Gasteiger partial charge >= 0.3 is 5.97 Å². The van der Waals surface area contributed by atoms with E-state index in [4.69, 9.17) is 9.47 Å². The standard InChI is InChI=1S/C14H19NO4/c1-10(2)19-13(16)8-9-15-14(17)11-6-4-5-7-12(11)18-3/h4-7,10H,8-9H2,1-3H3,(H,15,17). The van der Waals surface area contributed by atoms with Crippen LogP contribution in [0.15, 0.2) is 24.3 Å². The minimum absolute atomic E-state index is 0.141. The summed E-state index contributed by atoms with van der Waals surface area (Å²) in [5, 5.41) is 2.66. The first-order chi connectivity index (χ1) is 9.04. The quantitative estimate of drug-likeness (QED) is 0.796. The Bertz CT molecular complexity index is 443. The number of ether oxygens (including phenoxy) is 2. The molecule has 0 saturated carbocycles. The van der Waals surface area contributed by atoms with Crippen molar-refractivity contribution in [2.24, 2.45) is 0 Å². The third kappa shape index (κ3) is 4.99. The van der Waals surface area contributed by atoms with E-state index in [1.807, 2.05) is 0 Å². The van der Waals surface area contributed by atoms with E-state index in [0.29, 0.717) is 11.3 Å². The first kappa shape index (κ1) is 15.0. The van der Waals surface area contributed by atoms with Crippen LogP contribution in [0.5, 0.6) is 5.75 Å². The van der Waals surface area contributed by atoms with Gasteiger partial charge in [-0.1, -0.05) is 12.1 Å². The average molecular weight is 265 g/mol. The molecule has 0 heterocycles. The van der Waals surface area contributed by atoms with Crippen molar-refractivity contribution in [1.29, 1.82) is 0 Å². The predicted octanol–water partition coefficient (Wildman–Crippen LogP) is 1.77. The first-order valence-corrected chi connectivity index (χ1v) is 6.15. The molecule has 0 aromatic heterocycles. The number of carbonyl (C=O) groups is 2. The topological polar surface area (TPSA) is 64.6 Å². The normalized spacial score (nSPS) is 10.1. The van der Waals surface area contributed by atoms with Crippen LogP contribution in [0, 0.1) is 0 Å². The van der Waals surface area contributed by atoms with Crippen LogP contribution in [0.1, 0.15) is 30.6 Å². The van der Waals surface area contributed by atoms with E-state index in [0.717, 1.165) is 0 Å². The molecule has 1 N–H and O–H groups in total. The van der Waals surface area contributed by atoms with E-state index in [1.54, 1.807) is 38.1 Å². The number of para-hydroxylation sites is 1. The molecule has 19 heavy (non-hydrogen) atoms. The maximum absolute atomic E-state index is 11.9. The summed E-state index contributed by atoms with van der Waals surface area (Å²) in [5.74, 6) is -0.0881. The van der Waals surface area contributed by atoms with Crippen LogP contribution in [-0.4, -0.2) is 31.6 Å². The van der Waals surface area contributed by atoms with E-state index in [2.05, 4.69) is 5.32 Å². The van der Waals surface area contributed by atoms with E-state index >= 15 is 0 Å². The second-order valence-corrected chi connectivity index (χ2v) is 4.24. The van der Waals surface area contributed by atoms with Crippen LogP contribution in [0.2, 0.25) is 0 Å². The summed E-state index contributed by atoms with van der Waals surface area (Å²) in [6.45, 7) is 3.80. The number of carbonyl (C=O) groups excluding carboxylic acids is 2. The van der Waals surface area contributed by atoms with Gasteiger partial charge in [-0.2, -0.15) is 0 Å². The van der Waals surface area contributed by atoms with Crippen LogP contribution in [-0.2, 0) is 9.53 Å². The number of benzene rings is 1. The summed E-state index contributed by atoms with van der Waals surface area (Å²) >= 11 is 0. The molecule has 0 aliphatic carbocycles. The number of rotatable bonds is 6. The van der Waals surface area contributed by atoms with Gasteiger partial charge in [-0.25, -0.2) is 0 Å². The van der Waals surface area contributed by atoms with E-state index < -0.39 is 0 Å². The van der Waals surface area contributed by atoms with Crippen LogP contribution >= 0.6 is 0 Å². The maximum atomic E-state index is 11.9. The van der Waals surface area contributed by atoms with Crippen LogP contribution in [0.4, 0.5) is 0 Å². The molecule has 1 rings (SSSR count). The third-order valence-electron chi connectivity index (χ3n) is 2.33. The summed E-state index contributed by atoms with van der Waals surface area (Å²) in [5.41, 5.74) is 0.447. The van der Waals surface area contributed by atoms with Gasteiger partial charge in [0.25, 0.3) is 5.91 Å². The summed E-state index contributed by atoms with van der Waals surface area (Å²) in [4.78, 5) is 23.2. The fourth-order valence-corrected chi connectivity index (χ4v) is 1.53. The number of hydrogen-bond donors (Lipinski definition) is 1. The molecule has 1 aromatic rings. The number of esters is 1. The molecule has 1 amide bonds. The Morgan fingerprint density at radius 3 is 2.58 bits per heavy atom. The second-order valence-electron chi connectivity index (χ2n) is 4.24. The fourth-order valence-electron chi connectivity index (χ4n) is 1.53. The Morgan fingerprint density at radius 1 is 1.26 bits per heavy atom. The molecule has 5 heteroatoms. The summed E-state index contributed by atoms with van der Waals surface area (Å²) in [6.07, 6.45) is 0.0106. The Kier molecular flexibility index (Phi) is 5.85. The van der Waals surface area contributed by atoms with Gasteiger partial charge in [-0.15, -0.1) is 0 Å². The van der Waals surface area contributed by atoms with Crippen LogP contribution in [0.3, 0.4) is 0 Å². The lowest BCUT2D eigenvalue weighted by Gasteiger charge is -2.10. The van der Waals surface area contributed by atoms with Crippen molar-refractivity contribution in [2.45, 2.75) is 26.4 Å². The summed E-state index contributed by atoms with van der Waals surface area (Å²) in [7, 11) is 1.51. The molecule has 0 radical (unpaired) electrons. The highest BCUT2D eigenvalue weighted by Gasteiger charge is 2.12. The van der Waals surface area contributed by atoms with Gasteiger partial charge in [-0.05, 0) is 26.0 Å². The van der Waals surface area contributed by atoms with Gasteiger partial charge in [0.15, 0.2) is 0 Å². The summed E-state index contributed by atoms with van der Waals surface area (Å²) < 4.78 is 10.1. The molecule has 1 aromatic carbocycles. The lowest BCUT2D eigenvalue weighted by Crippen LogP contribution is -2.27. The van der Waals surface area contributed by atoms with Gasteiger partial charge in [0.2, 0.25) is 0 Å². The van der Waals surface area contributed by atoms with Crippen LogP contribution in [0.25, 0.3) is 0 Å². The molecule has 5 nitrogen and oxygen atoms in total. The lowest BCUT2D eigenvalue weighted by molar-refractivity contribution is -0.147. The molecule has 0 aliphatic rings. The lowest BCUT2D eigenvalue weighted by atomic mass is 10.2. The third-order valence-corrected chi connectivity index (χ3v) is 2.33. The zero-order valence-electron chi connectivity index (χ0n) is 11.4. The predicted molar refractivity (Wildman–Crippen MR) is 71.2 cm³/mol. The van der Waals surface area contributed by atoms with Gasteiger partial charge in [0, 0.05) is 6.54 Å². The molecular formula is C14H19NO4. The minimum atomic E-state index is -0.324. The summed E-state index contributed by atoms with van der Waals surface area (Å²) in [6, 6.07) is 6.92. The number of hydrogen-bond acceptors (Lipinski definition) is 4. The molecule has 0 spiro atoms. The largest absolute Gasteiger partial charge is 0.496 e. The van der Waals surface area contributed by atoms with Gasteiger partial charge in [0.1, 0.15) is 5.75 Å². The average Bonchev–Trinajstić information content (AvgIpc) is 2.37. The number of nitrogens with one attached hydrogen (secondary N) is 1. The highest BCUT2D eigenvalue weighted by atomic mass is 16.5. The van der Waals surface area contributed by atoms with Gasteiger partial charge in [-0.3, -0.25) is 9.59 Å². The van der Waals surface area contributed by atoms with Crippen molar-refractivity contribution in [3.63, 3.8) is 0 Å². The number of methoxy groups -OCH3 is 1. The van der Waals surface area contributed by atoms with Gasteiger partial charge < -0.3 is 14.8 Å². The fraction of sp³-hybridized carbons (Fsp3) is 0.429. The molecule has 0 saturated heterocycles. The van der Waals surface area contributed by atoms with E-state index in [1.165, 1.54) is 7.11 Å². The molecule has 104 valence electrons. The first-order valence-electron chi connectivity index (χ1n) is 6.15. The van der Waals surface area contributed by atoms with Crippen molar-refractivity contribution in [2.75, 3.05) is 13.7 Å². The SMILES string of the molecule is COc1ccccc1C(=O)NCCC(=O)OC(C)C. The molecule has 0 aliphatic heterocycles. The Hall–Kier alpha value is -2.04. The highest BCUT2D eigenvalue weighted by Crippen LogP contribution is 2.16. The Balaban J connectivity index is 2.45. The molecule has 0 atom stereocenters. The van der Waals surface area contributed by atoms with Crippen molar-refractivity contribution in [1.82, 2.24) is 5.32 Å². The molecular weight excluding hydrogens is 246 g/mol. The number of amides is 1. The second kappa shape index (κ2) is 7.41. The van der Waals surface area contributed by atoms with Crippen molar-refractivity contribution < 1.29 is 19.1 Å². The zero-order chi connectivity index (χ0) is 14.3. The van der Waals surface area contributed by atoms with Crippen molar-refractivity contribution >= 4 is 11.9 Å². The Labute approximate surface area is 112 Å².